The number of ether oxygens (including phenoxy) is 1. The molecule has 0 atom stereocenters. The molecule has 19 heavy (non-hydrogen) atoms. The number of Topliss-reactive ketones (excluding diaryl/α,β-unsaturated/α-hetero) is 1. The van der Waals surface area contributed by atoms with E-state index in [4.69, 9.17) is 27.9 Å². The first kappa shape index (κ1) is 16.3. The number of carbonyl (C=O) groups is 1. The van der Waals surface area contributed by atoms with Crippen molar-refractivity contribution < 1.29 is 9.53 Å². The molecule has 0 saturated carbocycles. The number of rotatable bonds is 9. The molecule has 1 aromatic carbocycles. The van der Waals surface area contributed by atoms with E-state index in [1.54, 1.807) is 18.2 Å². The highest BCUT2D eigenvalue weighted by Gasteiger charge is 2.09. The summed E-state index contributed by atoms with van der Waals surface area (Å²) in [4.78, 5) is 11.7. The summed E-state index contributed by atoms with van der Waals surface area (Å²) in [6.07, 6.45) is 4.95. The van der Waals surface area contributed by atoms with Crippen LogP contribution in [0.25, 0.3) is 0 Å². The van der Waals surface area contributed by atoms with Crippen molar-refractivity contribution in [1.29, 1.82) is 0 Å². The molecule has 0 saturated heterocycles. The summed E-state index contributed by atoms with van der Waals surface area (Å²) >= 11 is 11.7. The SMILES string of the molecule is CCCCCCOc1ccc(C(=O)CCCl)cc1Cl. The summed E-state index contributed by atoms with van der Waals surface area (Å²) in [7, 11) is 0. The molecule has 1 aromatic rings. The highest BCUT2D eigenvalue weighted by Crippen LogP contribution is 2.26. The van der Waals surface area contributed by atoms with Crippen LogP contribution in [-0.4, -0.2) is 18.3 Å². The van der Waals surface area contributed by atoms with Gasteiger partial charge in [0.25, 0.3) is 0 Å². The van der Waals surface area contributed by atoms with Gasteiger partial charge >= 0.3 is 0 Å². The topological polar surface area (TPSA) is 26.3 Å². The molecule has 0 bridgehead atoms. The minimum Gasteiger partial charge on any atom is -0.492 e. The standard InChI is InChI=1S/C15H20Cl2O2/c1-2-3-4-5-10-19-15-7-6-12(11-13(15)17)14(18)8-9-16/h6-7,11H,2-5,8-10H2,1H3. The highest BCUT2D eigenvalue weighted by atomic mass is 35.5. The number of hydrogen-bond donors (Lipinski definition) is 0. The van der Waals surface area contributed by atoms with Crippen molar-refractivity contribution in [2.45, 2.75) is 39.0 Å². The summed E-state index contributed by atoms with van der Waals surface area (Å²) in [5.74, 6) is 0.971. The second-order valence-corrected chi connectivity index (χ2v) is 5.20. The molecular weight excluding hydrogens is 283 g/mol. The Bertz CT molecular complexity index is 405. The summed E-state index contributed by atoms with van der Waals surface area (Å²) in [6.45, 7) is 2.84. The Morgan fingerprint density at radius 1 is 1.26 bits per heavy atom. The van der Waals surface area contributed by atoms with E-state index in [0.717, 1.165) is 6.42 Å². The van der Waals surface area contributed by atoms with Crippen molar-refractivity contribution in [3.8, 4) is 5.75 Å². The van der Waals surface area contributed by atoms with E-state index < -0.39 is 0 Å². The lowest BCUT2D eigenvalue weighted by Gasteiger charge is -2.09. The Morgan fingerprint density at radius 2 is 2.05 bits per heavy atom. The molecule has 0 unspecified atom stereocenters. The van der Waals surface area contributed by atoms with E-state index in [0.29, 0.717) is 35.2 Å². The zero-order valence-corrected chi connectivity index (χ0v) is 12.8. The number of benzene rings is 1. The van der Waals surface area contributed by atoms with Crippen LogP contribution in [0.4, 0.5) is 0 Å². The number of halogens is 2. The van der Waals surface area contributed by atoms with Crippen molar-refractivity contribution in [3.63, 3.8) is 0 Å². The summed E-state index contributed by atoms with van der Waals surface area (Å²) in [6, 6.07) is 5.14. The Morgan fingerprint density at radius 3 is 2.68 bits per heavy atom. The molecule has 0 spiro atoms. The lowest BCUT2D eigenvalue weighted by atomic mass is 10.1. The molecule has 106 valence electrons. The van der Waals surface area contributed by atoms with Gasteiger partial charge in [-0.3, -0.25) is 4.79 Å². The fraction of sp³-hybridized carbons (Fsp3) is 0.533. The summed E-state index contributed by atoms with van der Waals surface area (Å²) in [5.41, 5.74) is 0.587. The van der Waals surface area contributed by atoms with Gasteiger partial charge in [0, 0.05) is 17.9 Å². The monoisotopic (exact) mass is 302 g/mol. The van der Waals surface area contributed by atoms with E-state index in [9.17, 15) is 4.79 Å². The third-order valence-corrected chi connectivity index (χ3v) is 3.32. The minimum absolute atomic E-state index is 0.00592. The van der Waals surface area contributed by atoms with E-state index in [1.165, 1.54) is 19.3 Å². The van der Waals surface area contributed by atoms with Crippen LogP contribution in [0.3, 0.4) is 0 Å². The third-order valence-electron chi connectivity index (χ3n) is 2.83. The molecule has 0 aliphatic carbocycles. The van der Waals surface area contributed by atoms with Gasteiger partial charge in [0.1, 0.15) is 5.75 Å². The summed E-state index contributed by atoms with van der Waals surface area (Å²) in [5, 5.41) is 0.482. The Hall–Kier alpha value is -0.730. The average molecular weight is 303 g/mol. The van der Waals surface area contributed by atoms with Crippen LogP contribution in [0.2, 0.25) is 5.02 Å². The van der Waals surface area contributed by atoms with Crippen LogP contribution in [0.15, 0.2) is 18.2 Å². The van der Waals surface area contributed by atoms with Crippen LogP contribution in [-0.2, 0) is 0 Å². The molecule has 1 rings (SSSR count). The Balaban J connectivity index is 2.50. The second-order valence-electron chi connectivity index (χ2n) is 4.42. The van der Waals surface area contributed by atoms with Crippen molar-refractivity contribution in [1.82, 2.24) is 0 Å². The average Bonchev–Trinajstić information content (AvgIpc) is 2.40. The van der Waals surface area contributed by atoms with Crippen molar-refractivity contribution >= 4 is 29.0 Å². The molecule has 0 radical (unpaired) electrons. The van der Waals surface area contributed by atoms with E-state index in [-0.39, 0.29) is 5.78 Å². The first-order chi connectivity index (χ1) is 9.19. The number of carbonyl (C=O) groups excluding carboxylic acids is 1. The fourth-order valence-electron chi connectivity index (χ4n) is 1.73. The molecule has 0 aliphatic heterocycles. The van der Waals surface area contributed by atoms with Gasteiger partial charge in [0.2, 0.25) is 0 Å². The van der Waals surface area contributed by atoms with Gasteiger partial charge in [-0.2, -0.15) is 0 Å². The lowest BCUT2D eigenvalue weighted by Crippen LogP contribution is -2.01. The highest BCUT2D eigenvalue weighted by molar-refractivity contribution is 6.32. The molecule has 0 heterocycles. The van der Waals surface area contributed by atoms with Gasteiger partial charge in [-0.25, -0.2) is 0 Å². The number of alkyl halides is 1. The van der Waals surface area contributed by atoms with Gasteiger partial charge in [-0.05, 0) is 24.6 Å². The van der Waals surface area contributed by atoms with Crippen molar-refractivity contribution in [2.24, 2.45) is 0 Å². The molecule has 0 N–H and O–H groups in total. The first-order valence-electron chi connectivity index (χ1n) is 6.70. The largest absolute Gasteiger partial charge is 0.492 e. The molecule has 0 amide bonds. The number of unbranched alkanes of at least 4 members (excludes halogenated alkanes) is 3. The molecule has 0 fully saturated rings. The zero-order chi connectivity index (χ0) is 14.1. The van der Waals surface area contributed by atoms with Crippen molar-refractivity contribution in [3.05, 3.63) is 28.8 Å². The van der Waals surface area contributed by atoms with Crippen LogP contribution < -0.4 is 4.74 Å². The van der Waals surface area contributed by atoms with Crippen LogP contribution >= 0.6 is 23.2 Å². The smallest absolute Gasteiger partial charge is 0.164 e. The van der Waals surface area contributed by atoms with E-state index in [1.807, 2.05) is 0 Å². The van der Waals surface area contributed by atoms with Crippen LogP contribution in [0.5, 0.6) is 5.75 Å². The fourth-order valence-corrected chi connectivity index (χ4v) is 2.14. The number of hydrogen-bond acceptors (Lipinski definition) is 2. The zero-order valence-electron chi connectivity index (χ0n) is 11.3. The van der Waals surface area contributed by atoms with E-state index >= 15 is 0 Å². The van der Waals surface area contributed by atoms with Gasteiger partial charge in [0.15, 0.2) is 5.78 Å². The number of ketones is 1. The Labute approximate surface area is 125 Å². The van der Waals surface area contributed by atoms with Crippen molar-refractivity contribution in [2.75, 3.05) is 12.5 Å². The van der Waals surface area contributed by atoms with Gasteiger partial charge in [-0.1, -0.05) is 37.8 Å². The predicted octanol–water partition coefficient (Wildman–Crippen LogP) is 5.11. The van der Waals surface area contributed by atoms with Crippen LogP contribution in [0.1, 0.15) is 49.4 Å². The Kier molecular flexibility index (Phi) is 7.92. The maximum absolute atomic E-state index is 11.7. The quantitative estimate of drug-likeness (QED) is 0.360. The van der Waals surface area contributed by atoms with E-state index in [2.05, 4.69) is 6.92 Å². The maximum atomic E-state index is 11.7. The lowest BCUT2D eigenvalue weighted by molar-refractivity contribution is 0.0989. The van der Waals surface area contributed by atoms with Gasteiger partial charge in [-0.15, -0.1) is 11.6 Å². The first-order valence-corrected chi connectivity index (χ1v) is 7.61. The molecular formula is C15H20Cl2O2. The van der Waals surface area contributed by atoms with Gasteiger partial charge in [0.05, 0.1) is 11.6 Å². The third kappa shape index (κ3) is 5.84. The predicted molar refractivity (Wildman–Crippen MR) is 80.8 cm³/mol. The second kappa shape index (κ2) is 9.22. The molecule has 2 nitrogen and oxygen atoms in total. The van der Waals surface area contributed by atoms with Gasteiger partial charge < -0.3 is 4.74 Å². The molecule has 0 aliphatic rings. The molecule has 4 heteroatoms. The minimum atomic E-state index is 0.00592. The maximum Gasteiger partial charge on any atom is 0.164 e. The van der Waals surface area contributed by atoms with Crippen LogP contribution in [0, 0.1) is 0 Å². The summed E-state index contributed by atoms with van der Waals surface area (Å²) < 4.78 is 5.61. The molecule has 0 aromatic heterocycles. The normalized spacial score (nSPS) is 10.5.